The fraction of sp³-hybridized carbons (Fsp3) is 0.737. The molecule has 0 aliphatic carbocycles. The van der Waals surface area contributed by atoms with E-state index in [4.69, 9.17) is 35.9 Å². The van der Waals surface area contributed by atoms with Crippen molar-refractivity contribution in [2.75, 3.05) is 13.2 Å². The smallest absolute Gasteiger partial charge is 0.303 e. The number of thiocarbonyl (C=S) groups is 1. The molecular weight excluding hydrogens is 418 g/mol. The van der Waals surface area contributed by atoms with Gasteiger partial charge in [-0.05, 0) is 13.3 Å². The van der Waals surface area contributed by atoms with Crippen LogP contribution in [0, 0.1) is 0 Å². The Morgan fingerprint density at radius 2 is 1.33 bits per heavy atom. The summed E-state index contributed by atoms with van der Waals surface area (Å²) in [5.74, 6) is -2.57. The largest absolute Gasteiger partial charge is 0.463 e. The molecule has 0 bridgehead atoms. The monoisotopic (exact) mass is 447 g/mol. The Labute approximate surface area is 181 Å². The van der Waals surface area contributed by atoms with Crippen LogP contribution in [-0.2, 0) is 42.9 Å². The summed E-state index contributed by atoms with van der Waals surface area (Å²) in [4.78, 5) is 48.8. The van der Waals surface area contributed by atoms with Crippen molar-refractivity contribution < 1.29 is 42.9 Å². The van der Waals surface area contributed by atoms with Crippen LogP contribution in [0.2, 0.25) is 0 Å². The molecule has 1 rings (SSSR count). The summed E-state index contributed by atoms with van der Waals surface area (Å²) in [6.07, 6.45) is -4.78. The zero-order valence-corrected chi connectivity index (χ0v) is 18.9. The molecule has 170 valence electrons. The molecule has 1 aliphatic heterocycles. The number of ether oxygens (including phenoxy) is 5. The van der Waals surface area contributed by atoms with Crippen LogP contribution >= 0.6 is 12.2 Å². The lowest BCUT2D eigenvalue weighted by Gasteiger charge is -2.48. The van der Waals surface area contributed by atoms with Gasteiger partial charge in [-0.2, -0.15) is 0 Å². The van der Waals surface area contributed by atoms with Crippen LogP contribution in [0.3, 0.4) is 0 Å². The van der Waals surface area contributed by atoms with Gasteiger partial charge < -0.3 is 28.6 Å². The van der Waals surface area contributed by atoms with E-state index < -0.39 is 54.5 Å². The van der Waals surface area contributed by atoms with Crippen molar-refractivity contribution in [3.05, 3.63) is 0 Å². The summed E-state index contributed by atoms with van der Waals surface area (Å²) in [6.45, 7) is 8.56. The van der Waals surface area contributed by atoms with Crippen molar-refractivity contribution in [2.45, 2.75) is 78.6 Å². The molecule has 0 radical (unpaired) electrons. The maximum atomic E-state index is 11.8. The molecular formula is C19H29NO9S. The molecule has 1 saturated heterocycles. The van der Waals surface area contributed by atoms with Gasteiger partial charge in [0.25, 0.3) is 0 Å². The van der Waals surface area contributed by atoms with E-state index in [2.05, 4.69) is 0 Å². The Bertz CT molecular complexity index is 668. The fourth-order valence-electron chi connectivity index (χ4n) is 3.16. The Hall–Kier alpha value is -2.27. The van der Waals surface area contributed by atoms with Gasteiger partial charge in [0, 0.05) is 34.2 Å². The molecule has 0 unspecified atom stereocenters. The molecule has 0 aromatic rings. The minimum Gasteiger partial charge on any atom is -0.463 e. The first kappa shape index (κ1) is 25.8. The first-order valence-corrected chi connectivity index (χ1v) is 9.96. The van der Waals surface area contributed by atoms with E-state index in [1.807, 2.05) is 6.92 Å². The normalized spacial score (nSPS) is 25.6. The lowest BCUT2D eigenvalue weighted by Crippen LogP contribution is -2.66. The van der Waals surface area contributed by atoms with Crippen molar-refractivity contribution in [3.63, 3.8) is 0 Å². The number of hydrogen-bond acceptors (Lipinski definition) is 10. The Morgan fingerprint density at radius 3 is 1.77 bits per heavy atom. The summed E-state index contributed by atoms with van der Waals surface area (Å²) < 4.78 is 27.3. The maximum Gasteiger partial charge on any atom is 0.303 e. The molecule has 1 heterocycles. The summed E-state index contributed by atoms with van der Waals surface area (Å²) >= 11 is 5.33. The maximum absolute atomic E-state index is 11.8. The predicted molar refractivity (Wildman–Crippen MR) is 107 cm³/mol. The lowest BCUT2D eigenvalue weighted by atomic mass is 9.96. The third-order valence-corrected chi connectivity index (χ3v) is 4.38. The second kappa shape index (κ2) is 11.8. The molecule has 0 amide bonds. The first-order valence-electron chi connectivity index (χ1n) is 9.55. The van der Waals surface area contributed by atoms with Crippen molar-refractivity contribution in [2.24, 2.45) is 0 Å². The van der Waals surface area contributed by atoms with Crippen LogP contribution in [0.5, 0.6) is 0 Å². The van der Waals surface area contributed by atoms with E-state index in [-0.39, 0.29) is 6.61 Å². The number of carbonyl (C=O) groups excluding carboxylic acids is 4. The second-order valence-electron chi connectivity index (χ2n) is 6.80. The molecule has 0 aromatic heterocycles. The standard InChI is InChI=1S/C19H29NO9S/c1-7-8-20(10(2)30)19-18(28-14(6)24)17(27-13(5)23)16(26-12(4)22)15(29-19)9-25-11(3)21/h15-19H,7-9H2,1-6H3/t15-,16-,17+,18-,19-/m1/s1. The van der Waals surface area contributed by atoms with E-state index in [0.717, 1.165) is 0 Å². The summed E-state index contributed by atoms with van der Waals surface area (Å²) in [5.41, 5.74) is 0. The van der Waals surface area contributed by atoms with E-state index in [9.17, 15) is 19.2 Å². The molecule has 1 aliphatic rings. The van der Waals surface area contributed by atoms with Crippen LogP contribution in [0.25, 0.3) is 0 Å². The highest BCUT2D eigenvalue weighted by atomic mass is 32.1. The highest BCUT2D eigenvalue weighted by molar-refractivity contribution is 7.80. The highest BCUT2D eigenvalue weighted by Crippen LogP contribution is 2.31. The highest BCUT2D eigenvalue weighted by Gasteiger charge is 2.53. The zero-order valence-electron chi connectivity index (χ0n) is 18.0. The molecule has 10 nitrogen and oxygen atoms in total. The number of carbonyl (C=O) groups is 4. The average Bonchev–Trinajstić information content (AvgIpc) is 2.60. The molecule has 5 atom stereocenters. The van der Waals surface area contributed by atoms with Gasteiger partial charge in [0.05, 0.1) is 4.99 Å². The van der Waals surface area contributed by atoms with Gasteiger partial charge in [-0.25, -0.2) is 0 Å². The van der Waals surface area contributed by atoms with Crippen LogP contribution in [-0.4, -0.2) is 77.6 Å². The summed E-state index contributed by atoms with van der Waals surface area (Å²) in [6, 6.07) is 0. The van der Waals surface area contributed by atoms with Crippen LogP contribution in [0.1, 0.15) is 48.0 Å². The van der Waals surface area contributed by atoms with Gasteiger partial charge >= 0.3 is 23.9 Å². The second-order valence-corrected chi connectivity index (χ2v) is 7.39. The van der Waals surface area contributed by atoms with Gasteiger partial charge in [0.2, 0.25) is 0 Å². The Morgan fingerprint density at radius 1 is 0.833 bits per heavy atom. The van der Waals surface area contributed by atoms with Crippen LogP contribution in [0.4, 0.5) is 0 Å². The quantitative estimate of drug-likeness (QED) is 0.303. The molecule has 11 heteroatoms. The van der Waals surface area contributed by atoms with E-state index >= 15 is 0 Å². The Balaban J connectivity index is 3.47. The fourth-order valence-corrected chi connectivity index (χ4v) is 3.36. The number of nitrogens with zero attached hydrogens (tertiary/aromatic N) is 1. The van der Waals surface area contributed by atoms with Crippen molar-refractivity contribution in [3.8, 4) is 0 Å². The van der Waals surface area contributed by atoms with Crippen molar-refractivity contribution in [1.29, 1.82) is 0 Å². The molecule has 0 saturated carbocycles. The summed E-state index contributed by atoms with van der Waals surface area (Å²) in [7, 11) is 0. The zero-order chi connectivity index (χ0) is 23.0. The van der Waals surface area contributed by atoms with Crippen LogP contribution < -0.4 is 0 Å². The van der Waals surface area contributed by atoms with E-state index in [1.165, 1.54) is 27.7 Å². The minimum atomic E-state index is -1.21. The third-order valence-electron chi connectivity index (χ3n) is 4.14. The Kier molecular flexibility index (Phi) is 10.1. The van der Waals surface area contributed by atoms with Crippen molar-refractivity contribution >= 4 is 41.1 Å². The molecule has 1 fully saturated rings. The number of esters is 4. The SMILES string of the molecule is CCCN(C(C)=S)[C@@H]1O[C@H](COC(C)=O)[C@@H](OC(C)=O)[C@H](OC(C)=O)[C@H]1OC(C)=O. The summed E-state index contributed by atoms with van der Waals surface area (Å²) in [5, 5.41) is 0. The first-order chi connectivity index (χ1) is 14.0. The number of rotatable bonds is 8. The van der Waals surface area contributed by atoms with Gasteiger partial charge in [-0.15, -0.1) is 0 Å². The lowest BCUT2D eigenvalue weighted by molar-refractivity contribution is -0.271. The van der Waals surface area contributed by atoms with Gasteiger partial charge in [-0.3, -0.25) is 19.2 Å². The van der Waals surface area contributed by atoms with Crippen molar-refractivity contribution in [1.82, 2.24) is 4.90 Å². The molecule has 0 aromatic carbocycles. The molecule has 30 heavy (non-hydrogen) atoms. The molecule has 0 N–H and O–H groups in total. The van der Waals surface area contributed by atoms with Gasteiger partial charge in [-0.1, -0.05) is 19.1 Å². The van der Waals surface area contributed by atoms with E-state index in [1.54, 1.807) is 11.8 Å². The van der Waals surface area contributed by atoms with E-state index in [0.29, 0.717) is 18.0 Å². The van der Waals surface area contributed by atoms with Gasteiger partial charge in [0.15, 0.2) is 24.5 Å². The minimum absolute atomic E-state index is 0.273. The topological polar surface area (TPSA) is 118 Å². The third kappa shape index (κ3) is 7.52. The van der Waals surface area contributed by atoms with Crippen LogP contribution in [0.15, 0.2) is 0 Å². The predicted octanol–water partition coefficient (Wildman–Crippen LogP) is 1.13. The molecule has 0 spiro atoms. The number of hydrogen-bond donors (Lipinski definition) is 0. The van der Waals surface area contributed by atoms with Gasteiger partial charge in [0.1, 0.15) is 12.7 Å². The average molecular weight is 448 g/mol.